The predicted octanol–water partition coefficient (Wildman–Crippen LogP) is 6.83. The zero-order valence-electron chi connectivity index (χ0n) is 17.7. The monoisotopic (exact) mass is 375 g/mol. The van der Waals surface area contributed by atoms with E-state index in [0.29, 0.717) is 17.9 Å². The average Bonchev–Trinajstić information content (AvgIpc) is 2.71. The first-order valence-corrected chi connectivity index (χ1v) is 10.7. The molecule has 0 N–H and O–H groups in total. The Morgan fingerprint density at radius 2 is 1.39 bits per heavy atom. The smallest absolute Gasteiger partial charge is 0.0820 e. The van der Waals surface area contributed by atoms with Crippen LogP contribution in [0.3, 0.4) is 0 Å². The van der Waals surface area contributed by atoms with E-state index in [1.54, 1.807) is 0 Å². The van der Waals surface area contributed by atoms with Crippen LogP contribution in [0.25, 0.3) is 0 Å². The third-order valence-corrected chi connectivity index (χ3v) is 5.45. The van der Waals surface area contributed by atoms with Crippen LogP contribution >= 0.6 is 0 Å². The van der Waals surface area contributed by atoms with Gasteiger partial charge in [0.1, 0.15) is 0 Å². The molecule has 0 aliphatic heterocycles. The number of benzene rings is 1. The van der Waals surface area contributed by atoms with Crippen LogP contribution < -0.4 is 0 Å². The minimum atomic E-state index is 0.438. The average molecular weight is 376 g/mol. The summed E-state index contributed by atoms with van der Waals surface area (Å²) in [7, 11) is 0. The highest BCUT2D eigenvalue weighted by molar-refractivity contribution is 5.83. The second kappa shape index (κ2) is 9.77. The number of pyridine rings is 1. The Bertz CT molecular complexity index is 801. The topological polar surface area (TPSA) is 37.6 Å². The van der Waals surface area contributed by atoms with Gasteiger partial charge in [0.2, 0.25) is 0 Å². The maximum Gasteiger partial charge on any atom is 0.0820 e. The van der Waals surface area contributed by atoms with Gasteiger partial charge in [0.05, 0.1) is 29.3 Å². The summed E-state index contributed by atoms with van der Waals surface area (Å²) < 4.78 is 0. The van der Waals surface area contributed by atoms with Gasteiger partial charge in [-0.25, -0.2) is 4.98 Å². The predicted molar refractivity (Wildman–Crippen MR) is 121 cm³/mol. The van der Waals surface area contributed by atoms with E-state index in [9.17, 15) is 0 Å². The normalized spacial score (nSPS) is 16.1. The maximum atomic E-state index is 4.88. The largest absolute Gasteiger partial charge is 0.288 e. The Morgan fingerprint density at radius 1 is 0.821 bits per heavy atom. The molecule has 2 aromatic rings. The number of aromatic nitrogens is 1. The minimum absolute atomic E-state index is 0.438. The number of aliphatic imine (C=N–C) groups is 2. The summed E-state index contributed by atoms with van der Waals surface area (Å²) in [6.07, 6.45) is 10.2. The van der Waals surface area contributed by atoms with Gasteiger partial charge in [-0.1, -0.05) is 71.2 Å². The van der Waals surface area contributed by atoms with E-state index in [4.69, 9.17) is 15.0 Å². The van der Waals surface area contributed by atoms with Crippen molar-refractivity contribution in [3.8, 4) is 0 Å². The van der Waals surface area contributed by atoms with Gasteiger partial charge in [0, 0.05) is 6.21 Å². The Labute approximate surface area is 170 Å². The molecule has 3 nitrogen and oxygen atoms in total. The minimum Gasteiger partial charge on any atom is -0.288 e. The molecule has 0 unspecified atom stereocenters. The first-order chi connectivity index (χ1) is 13.5. The highest BCUT2D eigenvalue weighted by Crippen LogP contribution is 2.34. The molecule has 148 valence electrons. The zero-order valence-corrected chi connectivity index (χ0v) is 17.7. The molecule has 0 amide bonds. The van der Waals surface area contributed by atoms with Gasteiger partial charge < -0.3 is 0 Å². The van der Waals surface area contributed by atoms with Crippen LogP contribution in [0.15, 0.2) is 46.4 Å². The molecule has 0 bridgehead atoms. The van der Waals surface area contributed by atoms with E-state index >= 15 is 0 Å². The maximum absolute atomic E-state index is 4.88. The molecule has 1 heterocycles. The molecule has 1 fully saturated rings. The van der Waals surface area contributed by atoms with E-state index < -0.39 is 0 Å². The lowest BCUT2D eigenvalue weighted by Gasteiger charge is -2.17. The van der Waals surface area contributed by atoms with Crippen LogP contribution in [0.5, 0.6) is 0 Å². The molecule has 3 heteroatoms. The van der Waals surface area contributed by atoms with Crippen molar-refractivity contribution in [3.05, 3.63) is 58.9 Å². The lowest BCUT2D eigenvalue weighted by Crippen LogP contribution is -2.09. The van der Waals surface area contributed by atoms with Crippen molar-refractivity contribution in [1.29, 1.82) is 0 Å². The molecule has 1 aliphatic carbocycles. The van der Waals surface area contributed by atoms with Gasteiger partial charge in [0.15, 0.2) is 0 Å². The summed E-state index contributed by atoms with van der Waals surface area (Å²) in [6.45, 7) is 8.89. The van der Waals surface area contributed by atoms with Crippen LogP contribution in [-0.2, 0) is 0 Å². The van der Waals surface area contributed by atoms with Crippen molar-refractivity contribution in [1.82, 2.24) is 4.98 Å². The van der Waals surface area contributed by atoms with Crippen LogP contribution in [-0.4, -0.2) is 23.5 Å². The van der Waals surface area contributed by atoms with Crippen molar-refractivity contribution in [2.24, 2.45) is 9.98 Å². The molecule has 3 rings (SSSR count). The molecule has 1 aromatic heterocycles. The van der Waals surface area contributed by atoms with E-state index in [0.717, 1.165) is 17.1 Å². The molecular weight excluding hydrogens is 342 g/mol. The van der Waals surface area contributed by atoms with Crippen molar-refractivity contribution in [3.63, 3.8) is 0 Å². The molecule has 1 aliphatic rings. The van der Waals surface area contributed by atoms with E-state index in [1.165, 1.54) is 43.2 Å². The van der Waals surface area contributed by atoms with E-state index in [1.807, 2.05) is 30.6 Å². The van der Waals surface area contributed by atoms with Crippen molar-refractivity contribution in [2.45, 2.75) is 77.7 Å². The van der Waals surface area contributed by atoms with Crippen molar-refractivity contribution in [2.75, 3.05) is 0 Å². The molecule has 0 atom stereocenters. The second-order valence-electron chi connectivity index (χ2n) is 8.41. The fraction of sp³-hybridized carbons (Fsp3) is 0.480. The van der Waals surface area contributed by atoms with Gasteiger partial charge in [-0.15, -0.1) is 0 Å². The number of nitrogens with zero attached hydrogens (tertiary/aromatic N) is 3. The number of rotatable bonds is 6. The summed E-state index contributed by atoms with van der Waals surface area (Å²) in [5.74, 6) is 0.876. The molecule has 1 aromatic carbocycles. The highest BCUT2D eigenvalue weighted by Gasteiger charge is 2.13. The lowest BCUT2D eigenvalue weighted by molar-refractivity contribution is 0.444. The quantitative estimate of drug-likeness (QED) is 0.510. The number of hydrogen-bond acceptors (Lipinski definition) is 3. The summed E-state index contributed by atoms with van der Waals surface area (Å²) >= 11 is 0. The van der Waals surface area contributed by atoms with Gasteiger partial charge in [-0.2, -0.15) is 0 Å². The highest BCUT2D eigenvalue weighted by atomic mass is 14.8. The molecule has 28 heavy (non-hydrogen) atoms. The Morgan fingerprint density at radius 3 is 2.00 bits per heavy atom. The SMILES string of the molecule is CC(C)c1cccc(C(C)C)c1N=Cc1cccc(C=NC2CCCCC2)n1. The van der Waals surface area contributed by atoms with E-state index in [2.05, 4.69) is 45.9 Å². The molecule has 0 spiro atoms. The van der Waals surface area contributed by atoms with Crippen LogP contribution in [0.2, 0.25) is 0 Å². The van der Waals surface area contributed by atoms with Crippen LogP contribution in [0, 0.1) is 0 Å². The van der Waals surface area contributed by atoms with Crippen molar-refractivity contribution >= 4 is 18.1 Å². The summed E-state index contributed by atoms with van der Waals surface area (Å²) in [4.78, 5) is 14.4. The molecule has 0 saturated heterocycles. The summed E-state index contributed by atoms with van der Waals surface area (Å²) in [5.41, 5.74) is 5.46. The molecular formula is C25H33N3. The third kappa shape index (κ3) is 5.37. The standard InChI is InChI=1S/C25H33N3/c1-18(2)23-14-9-15-24(19(3)4)25(23)27-17-22-13-8-12-21(28-22)16-26-20-10-6-5-7-11-20/h8-9,12-20H,5-7,10-11H2,1-4H3. The lowest BCUT2D eigenvalue weighted by atomic mass is 9.93. The van der Waals surface area contributed by atoms with Gasteiger partial charge in [-0.05, 0) is 47.9 Å². The zero-order chi connectivity index (χ0) is 19.9. The number of hydrogen-bond donors (Lipinski definition) is 0. The van der Waals surface area contributed by atoms with Crippen molar-refractivity contribution < 1.29 is 0 Å². The Kier molecular flexibility index (Phi) is 7.13. The second-order valence-corrected chi connectivity index (χ2v) is 8.41. The Balaban J connectivity index is 1.82. The van der Waals surface area contributed by atoms with Gasteiger partial charge in [0.25, 0.3) is 0 Å². The van der Waals surface area contributed by atoms with Crippen LogP contribution in [0.4, 0.5) is 5.69 Å². The van der Waals surface area contributed by atoms with Gasteiger partial charge >= 0.3 is 0 Å². The fourth-order valence-electron chi connectivity index (χ4n) is 3.82. The first kappa shape index (κ1) is 20.4. The summed E-state index contributed by atoms with van der Waals surface area (Å²) in [5, 5.41) is 0. The first-order valence-electron chi connectivity index (χ1n) is 10.7. The third-order valence-electron chi connectivity index (χ3n) is 5.45. The Hall–Kier alpha value is -2.29. The summed E-state index contributed by atoms with van der Waals surface area (Å²) in [6, 6.07) is 13.0. The van der Waals surface area contributed by atoms with Gasteiger partial charge in [-0.3, -0.25) is 9.98 Å². The van der Waals surface area contributed by atoms with E-state index in [-0.39, 0.29) is 0 Å². The van der Waals surface area contributed by atoms with Crippen LogP contribution in [0.1, 0.15) is 94.1 Å². The molecule has 1 saturated carbocycles. The number of para-hydroxylation sites is 1. The molecule has 0 radical (unpaired) electrons. The fourth-order valence-corrected chi connectivity index (χ4v) is 3.82.